The molecule has 0 aromatic heterocycles. The molecule has 0 aliphatic carbocycles. The van der Waals surface area contributed by atoms with E-state index in [9.17, 15) is 0 Å². The molecular weight excluding hydrogens is 308 g/mol. The number of halogens is 2. The molecule has 1 aliphatic rings. The smallest absolute Gasteiger partial charge is 0.0448 e. The molecule has 1 saturated heterocycles. The average Bonchev–Trinajstić information content (AvgIpc) is 2.18. The van der Waals surface area contributed by atoms with Crippen molar-refractivity contribution in [3.8, 4) is 0 Å². The predicted octanol–water partition coefficient (Wildman–Crippen LogP) is 2.45. The first-order chi connectivity index (χ1) is 6.75. The van der Waals surface area contributed by atoms with Gasteiger partial charge in [-0.3, -0.25) is 0 Å². The van der Waals surface area contributed by atoms with Gasteiger partial charge in [-0.05, 0) is 23.8 Å². The first-order valence-corrected chi connectivity index (χ1v) is 6.24. The van der Waals surface area contributed by atoms with Crippen LogP contribution in [0, 0.1) is 0 Å². The van der Waals surface area contributed by atoms with Crippen LogP contribution in [0.4, 0.5) is 0 Å². The minimum Gasteiger partial charge on any atom is -0.314 e. The van der Waals surface area contributed by atoms with E-state index in [2.05, 4.69) is 60.7 Å². The van der Waals surface area contributed by atoms with E-state index in [1.54, 1.807) is 0 Å². The molecule has 1 aromatic carbocycles. The van der Waals surface area contributed by atoms with E-state index in [0.717, 1.165) is 28.6 Å². The summed E-state index contributed by atoms with van der Waals surface area (Å²) in [6, 6.07) is 6.81. The second kappa shape index (κ2) is 4.75. The zero-order chi connectivity index (χ0) is 9.97. The first kappa shape index (κ1) is 10.6. The Kier molecular flexibility index (Phi) is 3.60. The van der Waals surface area contributed by atoms with Gasteiger partial charge in [0.15, 0.2) is 0 Å². The molecule has 1 aliphatic heterocycles. The highest BCUT2D eigenvalue weighted by Gasteiger charge is 2.14. The van der Waals surface area contributed by atoms with E-state index in [-0.39, 0.29) is 0 Å². The number of nitrogens with one attached hydrogen (secondary N) is 2. The van der Waals surface area contributed by atoms with Gasteiger partial charge in [0.2, 0.25) is 0 Å². The molecular formula is C10H12Br2N2. The van der Waals surface area contributed by atoms with Crippen LogP contribution in [0.5, 0.6) is 0 Å². The van der Waals surface area contributed by atoms with Gasteiger partial charge in [0.05, 0.1) is 0 Å². The molecule has 0 amide bonds. The van der Waals surface area contributed by atoms with E-state index in [1.165, 1.54) is 5.56 Å². The highest BCUT2D eigenvalue weighted by Crippen LogP contribution is 2.24. The molecule has 4 heteroatoms. The molecule has 0 saturated carbocycles. The molecule has 2 rings (SSSR count). The highest BCUT2D eigenvalue weighted by atomic mass is 79.9. The van der Waals surface area contributed by atoms with Crippen LogP contribution < -0.4 is 10.6 Å². The summed E-state index contributed by atoms with van der Waals surface area (Å²) in [6.45, 7) is 3.10. The van der Waals surface area contributed by atoms with Gasteiger partial charge in [-0.15, -0.1) is 0 Å². The van der Waals surface area contributed by atoms with Crippen molar-refractivity contribution >= 4 is 31.9 Å². The molecule has 1 heterocycles. The van der Waals surface area contributed by atoms with E-state index in [1.807, 2.05) is 0 Å². The summed E-state index contributed by atoms with van der Waals surface area (Å²) in [7, 11) is 0. The maximum absolute atomic E-state index is 3.50. The van der Waals surface area contributed by atoms with Crippen molar-refractivity contribution < 1.29 is 0 Å². The second-order valence-corrected chi connectivity index (χ2v) is 5.24. The summed E-state index contributed by atoms with van der Waals surface area (Å²) in [4.78, 5) is 0. The van der Waals surface area contributed by atoms with E-state index < -0.39 is 0 Å². The largest absolute Gasteiger partial charge is 0.314 e. The lowest BCUT2D eigenvalue weighted by Crippen LogP contribution is -2.42. The van der Waals surface area contributed by atoms with E-state index >= 15 is 0 Å². The van der Waals surface area contributed by atoms with Crippen LogP contribution in [0.25, 0.3) is 0 Å². The van der Waals surface area contributed by atoms with Gasteiger partial charge in [-0.2, -0.15) is 0 Å². The molecule has 0 radical (unpaired) electrons. The van der Waals surface area contributed by atoms with Gasteiger partial charge in [0.25, 0.3) is 0 Å². The minimum absolute atomic E-state index is 0.428. The number of rotatable bonds is 1. The van der Waals surface area contributed by atoms with Gasteiger partial charge in [0, 0.05) is 34.6 Å². The number of hydrogen-bond donors (Lipinski definition) is 2. The Morgan fingerprint density at radius 3 is 2.36 bits per heavy atom. The maximum atomic E-state index is 3.50. The number of benzene rings is 1. The van der Waals surface area contributed by atoms with Crippen LogP contribution >= 0.6 is 31.9 Å². The van der Waals surface area contributed by atoms with Crippen LogP contribution in [-0.2, 0) is 0 Å². The third kappa shape index (κ3) is 2.57. The SMILES string of the molecule is Brc1cc(Br)cc([C@H]2CNCCN2)c1. The van der Waals surface area contributed by atoms with Gasteiger partial charge in [-0.1, -0.05) is 31.9 Å². The molecule has 1 atom stereocenters. The Bertz CT molecular complexity index is 302. The third-order valence-corrected chi connectivity index (χ3v) is 3.24. The maximum Gasteiger partial charge on any atom is 0.0448 e. The summed E-state index contributed by atoms with van der Waals surface area (Å²) in [5.74, 6) is 0. The number of hydrogen-bond acceptors (Lipinski definition) is 2. The van der Waals surface area contributed by atoms with Crippen LogP contribution in [0.1, 0.15) is 11.6 Å². The fourth-order valence-electron chi connectivity index (χ4n) is 1.67. The molecule has 0 spiro atoms. The molecule has 2 N–H and O–H groups in total. The highest BCUT2D eigenvalue weighted by molar-refractivity contribution is 9.11. The fourth-order valence-corrected chi connectivity index (χ4v) is 2.99. The van der Waals surface area contributed by atoms with E-state index in [0.29, 0.717) is 6.04 Å². The van der Waals surface area contributed by atoms with Crippen molar-refractivity contribution in [2.45, 2.75) is 6.04 Å². The Morgan fingerprint density at radius 2 is 1.79 bits per heavy atom. The molecule has 0 bridgehead atoms. The van der Waals surface area contributed by atoms with Gasteiger partial charge in [0.1, 0.15) is 0 Å². The predicted molar refractivity (Wildman–Crippen MR) is 65.5 cm³/mol. The second-order valence-electron chi connectivity index (χ2n) is 3.41. The van der Waals surface area contributed by atoms with Crippen molar-refractivity contribution in [3.63, 3.8) is 0 Å². The van der Waals surface area contributed by atoms with Gasteiger partial charge >= 0.3 is 0 Å². The summed E-state index contributed by atoms with van der Waals surface area (Å²) < 4.78 is 2.24. The van der Waals surface area contributed by atoms with Crippen LogP contribution in [0.15, 0.2) is 27.1 Å². The molecule has 2 nitrogen and oxygen atoms in total. The van der Waals surface area contributed by atoms with Crippen molar-refractivity contribution in [2.75, 3.05) is 19.6 Å². The fraction of sp³-hybridized carbons (Fsp3) is 0.400. The van der Waals surface area contributed by atoms with E-state index in [4.69, 9.17) is 0 Å². The Morgan fingerprint density at radius 1 is 1.07 bits per heavy atom. The average molecular weight is 320 g/mol. The lowest BCUT2D eigenvalue weighted by molar-refractivity contribution is 0.430. The summed E-state index contributed by atoms with van der Waals surface area (Å²) in [5.41, 5.74) is 1.32. The first-order valence-electron chi connectivity index (χ1n) is 4.66. The Balaban J connectivity index is 2.21. The van der Waals surface area contributed by atoms with Crippen molar-refractivity contribution in [1.29, 1.82) is 0 Å². The molecule has 14 heavy (non-hydrogen) atoms. The van der Waals surface area contributed by atoms with Crippen molar-refractivity contribution in [2.24, 2.45) is 0 Å². The summed E-state index contributed by atoms with van der Waals surface area (Å²) >= 11 is 7.00. The molecule has 76 valence electrons. The summed E-state index contributed by atoms with van der Waals surface area (Å²) in [6.07, 6.45) is 0. The minimum atomic E-state index is 0.428. The molecule has 1 aromatic rings. The van der Waals surface area contributed by atoms with Crippen molar-refractivity contribution in [1.82, 2.24) is 10.6 Å². The van der Waals surface area contributed by atoms with Crippen molar-refractivity contribution in [3.05, 3.63) is 32.7 Å². The standard InChI is InChI=1S/C10H12Br2N2/c11-8-3-7(4-9(12)5-8)10-6-13-1-2-14-10/h3-5,10,13-14H,1-2,6H2/t10-/m1/s1. The molecule has 1 fully saturated rings. The van der Waals surface area contributed by atoms with Crippen LogP contribution in [0.3, 0.4) is 0 Å². The normalized spacial score (nSPS) is 22.3. The zero-order valence-corrected chi connectivity index (χ0v) is 10.9. The lowest BCUT2D eigenvalue weighted by Gasteiger charge is -2.25. The number of piperazine rings is 1. The Labute approximate surface area is 101 Å². The van der Waals surface area contributed by atoms with Gasteiger partial charge < -0.3 is 10.6 Å². The quantitative estimate of drug-likeness (QED) is 0.831. The lowest BCUT2D eigenvalue weighted by atomic mass is 10.1. The topological polar surface area (TPSA) is 24.1 Å². The Hall–Kier alpha value is 0.1000. The van der Waals surface area contributed by atoms with Gasteiger partial charge in [-0.25, -0.2) is 0 Å². The van der Waals surface area contributed by atoms with Crippen LogP contribution in [-0.4, -0.2) is 19.6 Å². The monoisotopic (exact) mass is 318 g/mol. The zero-order valence-electron chi connectivity index (χ0n) is 7.69. The third-order valence-electron chi connectivity index (χ3n) is 2.33. The van der Waals surface area contributed by atoms with Crippen LogP contribution in [0.2, 0.25) is 0 Å². The summed E-state index contributed by atoms with van der Waals surface area (Å²) in [5, 5.41) is 6.86. The molecule has 0 unspecified atom stereocenters.